The summed E-state index contributed by atoms with van der Waals surface area (Å²) in [7, 11) is 0. The molecule has 0 saturated heterocycles. The van der Waals surface area contributed by atoms with E-state index in [4.69, 9.17) is 9.84 Å². The Bertz CT molecular complexity index is 384. The molecular formula is C13H16F3O3U-. The predicted octanol–water partition coefficient (Wildman–Crippen LogP) is 2.99. The number of hydrogen-bond acceptors (Lipinski definition) is 3. The number of rotatable bonds is 4. The van der Waals surface area contributed by atoms with E-state index in [0.717, 1.165) is 6.42 Å². The molecule has 0 aliphatic heterocycles. The van der Waals surface area contributed by atoms with E-state index in [1.165, 1.54) is 6.92 Å². The molecule has 1 N–H and O–H groups in total. The van der Waals surface area contributed by atoms with E-state index in [1.807, 2.05) is 6.08 Å². The number of esters is 1. The number of carbonyl (C=O) groups excluding carboxylic acids is 1. The Morgan fingerprint density at radius 1 is 1.45 bits per heavy atom. The fraction of sp³-hybridized carbons (Fsp3) is 0.692. The quantitative estimate of drug-likeness (QED) is 0.356. The largest absolute Gasteiger partial charge is 0.554 e. The van der Waals surface area contributed by atoms with Gasteiger partial charge in [-0.25, -0.2) is 13.2 Å². The first-order valence-corrected chi connectivity index (χ1v) is 6.28. The molecule has 0 aromatic rings. The molecule has 0 aromatic carbocycles. The molecule has 2 bridgehead atoms. The van der Waals surface area contributed by atoms with Gasteiger partial charge in [0.15, 0.2) is 0 Å². The summed E-state index contributed by atoms with van der Waals surface area (Å²) in [6.45, 7) is 1.35. The molecule has 4 atom stereocenters. The van der Waals surface area contributed by atoms with Crippen molar-refractivity contribution in [2.45, 2.75) is 38.5 Å². The summed E-state index contributed by atoms with van der Waals surface area (Å²) in [5.41, 5.74) is 0. The zero-order chi connectivity index (χ0) is 14.2. The van der Waals surface area contributed by atoms with Crippen LogP contribution in [0.25, 0.3) is 0 Å². The number of alkyl halides is 3. The van der Waals surface area contributed by atoms with Gasteiger partial charge in [0.2, 0.25) is 0 Å². The topological polar surface area (TPSA) is 46.5 Å². The van der Waals surface area contributed by atoms with Crippen molar-refractivity contribution in [3.63, 3.8) is 0 Å². The van der Waals surface area contributed by atoms with E-state index < -0.39 is 30.8 Å². The molecule has 0 amide bonds. The van der Waals surface area contributed by atoms with Gasteiger partial charge >= 0.3 is 5.97 Å². The fourth-order valence-corrected chi connectivity index (χ4v) is 2.77. The summed E-state index contributed by atoms with van der Waals surface area (Å²) in [5, 5.41) is 8.83. The van der Waals surface area contributed by atoms with Gasteiger partial charge in [-0.05, 0) is 31.6 Å². The smallest absolute Gasteiger partial charge is 0.309 e. The van der Waals surface area contributed by atoms with Crippen LogP contribution in [-0.2, 0) is 9.53 Å². The molecule has 0 heterocycles. The second-order valence-electron chi connectivity index (χ2n) is 5.28. The third kappa shape index (κ3) is 4.25. The summed E-state index contributed by atoms with van der Waals surface area (Å²) in [6, 6.07) is 0. The van der Waals surface area contributed by atoms with Crippen LogP contribution >= 0.6 is 0 Å². The van der Waals surface area contributed by atoms with Crippen LogP contribution in [0.2, 0.25) is 0 Å². The molecule has 4 unspecified atom stereocenters. The van der Waals surface area contributed by atoms with Crippen LogP contribution in [0.15, 0.2) is 12.2 Å². The molecule has 0 spiro atoms. The second kappa shape index (κ2) is 6.85. The zero-order valence-electron chi connectivity index (χ0n) is 11.0. The van der Waals surface area contributed by atoms with E-state index in [0.29, 0.717) is 12.3 Å². The summed E-state index contributed by atoms with van der Waals surface area (Å²) in [4.78, 5) is 11.8. The van der Waals surface area contributed by atoms with Crippen molar-refractivity contribution >= 4 is 5.97 Å². The van der Waals surface area contributed by atoms with E-state index in [9.17, 15) is 18.0 Å². The van der Waals surface area contributed by atoms with Crippen molar-refractivity contribution in [3.05, 3.63) is 18.3 Å². The minimum Gasteiger partial charge on any atom is -0.554 e. The first-order chi connectivity index (χ1) is 8.77. The van der Waals surface area contributed by atoms with Crippen molar-refractivity contribution in [1.29, 1.82) is 0 Å². The Morgan fingerprint density at radius 2 is 2.10 bits per heavy atom. The molecule has 7 heteroatoms. The minimum absolute atomic E-state index is 0. The van der Waals surface area contributed by atoms with Gasteiger partial charge in [-0.3, -0.25) is 4.79 Å². The van der Waals surface area contributed by atoms with Crippen LogP contribution in [0.5, 0.6) is 0 Å². The molecule has 1 saturated carbocycles. The number of allylic oxidation sites excluding steroid dienone is 2. The molecule has 2 aliphatic carbocycles. The standard InChI is InChI=1S/C13H16F3O3.U/c1-7(4-11(17)13(14,15)16)19-12(18)10-6-8-2-3-9(10)5-8;/h2-3,7-10,17H,4-6H2,1H3;/q-1;. The van der Waals surface area contributed by atoms with Crippen LogP contribution in [0.1, 0.15) is 26.2 Å². The molecular weight excluding hydrogens is 499 g/mol. The summed E-state index contributed by atoms with van der Waals surface area (Å²) in [6.07, 6.45) is -2.36. The van der Waals surface area contributed by atoms with E-state index in [1.54, 1.807) is 0 Å². The van der Waals surface area contributed by atoms with E-state index >= 15 is 0 Å². The van der Waals surface area contributed by atoms with Gasteiger partial charge in [0, 0.05) is 31.1 Å². The second-order valence-corrected chi connectivity index (χ2v) is 5.28. The maximum atomic E-state index is 12.1. The van der Waals surface area contributed by atoms with Crippen LogP contribution < -0.4 is 0 Å². The van der Waals surface area contributed by atoms with E-state index in [-0.39, 0.29) is 42.9 Å². The van der Waals surface area contributed by atoms with E-state index in [2.05, 4.69) is 6.08 Å². The maximum Gasteiger partial charge on any atom is 0.309 e. The average molecular weight is 515 g/mol. The molecule has 0 aromatic heterocycles. The molecule has 3 nitrogen and oxygen atoms in total. The van der Waals surface area contributed by atoms with Crippen molar-refractivity contribution < 1.29 is 58.9 Å². The zero-order valence-corrected chi connectivity index (χ0v) is 15.1. The maximum absolute atomic E-state index is 12.1. The van der Waals surface area contributed by atoms with Crippen molar-refractivity contribution in [2.24, 2.45) is 17.8 Å². The molecule has 2 rings (SSSR count). The SMILES string of the molecule is CC(C[C-](O)C(F)(F)F)OC(=O)C1CC2C=CC1C2.[U]. The molecule has 1 fully saturated rings. The minimum atomic E-state index is -4.75. The fourth-order valence-electron chi connectivity index (χ4n) is 2.77. The van der Waals surface area contributed by atoms with Crippen LogP contribution in [0.3, 0.4) is 0 Å². The normalized spacial score (nSPS) is 29.4. The Kier molecular flexibility index (Phi) is 6.18. The molecule has 112 valence electrons. The molecule has 2 aliphatic rings. The van der Waals surface area contributed by atoms with Gasteiger partial charge in [0.05, 0.1) is 12.0 Å². The number of aliphatic hydroxyl groups excluding tert-OH is 1. The third-order valence-corrected chi connectivity index (χ3v) is 3.71. The molecule has 0 radical (unpaired) electrons. The third-order valence-electron chi connectivity index (χ3n) is 3.71. The summed E-state index contributed by atoms with van der Waals surface area (Å²) < 4.78 is 41.4. The van der Waals surface area contributed by atoms with Crippen molar-refractivity contribution in [2.75, 3.05) is 0 Å². The van der Waals surface area contributed by atoms with Crippen LogP contribution in [-0.4, -0.2) is 23.4 Å². The van der Waals surface area contributed by atoms with Gasteiger partial charge < -0.3 is 9.84 Å². The number of hydrogen-bond donors (Lipinski definition) is 1. The Balaban J connectivity index is 0.00000200. The predicted molar refractivity (Wildman–Crippen MR) is 60.2 cm³/mol. The Labute approximate surface area is 139 Å². The molecule has 20 heavy (non-hydrogen) atoms. The van der Waals surface area contributed by atoms with Gasteiger partial charge in [0.1, 0.15) is 0 Å². The van der Waals surface area contributed by atoms with Gasteiger partial charge in [-0.2, -0.15) is 0 Å². The summed E-state index contributed by atoms with van der Waals surface area (Å²) >= 11 is 0. The van der Waals surface area contributed by atoms with Gasteiger partial charge in [-0.1, -0.05) is 18.3 Å². The van der Waals surface area contributed by atoms with Gasteiger partial charge in [-0.15, -0.1) is 6.42 Å². The number of aliphatic hydroxyl groups is 1. The van der Waals surface area contributed by atoms with Crippen molar-refractivity contribution in [3.8, 4) is 0 Å². The first-order valence-electron chi connectivity index (χ1n) is 6.28. The number of halogens is 3. The van der Waals surface area contributed by atoms with Gasteiger partial charge in [0.25, 0.3) is 6.18 Å². The van der Waals surface area contributed by atoms with Crippen LogP contribution in [0.4, 0.5) is 13.2 Å². The van der Waals surface area contributed by atoms with Crippen LogP contribution in [0, 0.1) is 55.0 Å². The number of carbonyl (C=O) groups is 1. The monoisotopic (exact) mass is 515 g/mol. The Morgan fingerprint density at radius 3 is 2.55 bits per heavy atom. The summed E-state index contributed by atoms with van der Waals surface area (Å²) in [5.74, 6) is -0.150. The number of fused-ring (bicyclic) bond motifs is 2. The average Bonchev–Trinajstić information content (AvgIpc) is 2.88. The first kappa shape index (κ1) is 18.1. The Hall–Kier alpha value is 0.0119. The van der Waals surface area contributed by atoms with Crippen molar-refractivity contribution in [1.82, 2.24) is 0 Å². The number of ether oxygens (including phenoxy) is 1.